The molecule has 0 radical (unpaired) electrons. The van der Waals surface area contributed by atoms with E-state index in [-0.39, 0.29) is 0 Å². The molecule has 0 aliphatic heterocycles. The van der Waals surface area contributed by atoms with Gasteiger partial charge in [-0.25, -0.2) is 0 Å². The first-order chi connectivity index (χ1) is 6.93. The lowest BCUT2D eigenvalue weighted by Gasteiger charge is -2.15. The highest BCUT2D eigenvalue weighted by Crippen LogP contribution is 2.23. The van der Waals surface area contributed by atoms with Gasteiger partial charge in [-0.3, -0.25) is 0 Å². The molecule has 0 bridgehead atoms. The van der Waals surface area contributed by atoms with Crippen LogP contribution in [0.4, 0.5) is 0 Å². The van der Waals surface area contributed by atoms with Crippen molar-refractivity contribution in [1.29, 1.82) is 0 Å². The first-order valence-electron chi connectivity index (χ1n) is 5.99. The summed E-state index contributed by atoms with van der Waals surface area (Å²) < 4.78 is 0. The van der Waals surface area contributed by atoms with E-state index < -0.39 is 0 Å². The SMILES string of the molecule is Cc1cc(CCC(C)C)c(C)c(C)c1C. The fourth-order valence-electron chi connectivity index (χ4n) is 2.00. The second-order valence-corrected chi connectivity index (χ2v) is 5.16. The van der Waals surface area contributed by atoms with Gasteiger partial charge in [0.25, 0.3) is 0 Å². The van der Waals surface area contributed by atoms with Crippen LogP contribution in [0.3, 0.4) is 0 Å². The Morgan fingerprint density at radius 3 is 2.07 bits per heavy atom. The van der Waals surface area contributed by atoms with Crippen LogP contribution in [-0.4, -0.2) is 0 Å². The molecule has 0 fully saturated rings. The Hall–Kier alpha value is -0.780. The molecule has 0 saturated heterocycles. The van der Waals surface area contributed by atoms with Crippen molar-refractivity contribution < 1.29 is 0 Å². The summed E-state index contributed by atoms with van der Waals surface area (Å²) in [6, 6.07) is 2.38. The first-order valence-corrected chi connectivity index (χ1v) is 5.99. The molecular formula is C15H24. The number of rotatable bonds is 3. The molecule has 0 nitrogen and oxygen atoms in total. The second kappa shape index (κ2) is 4.83. The third-order valence-corrected chi connectivity index (χ3v) is 3.58. The van der Waals surface area contributed by atoms with Gasteiger partial charge in [0, 0.05) is 0 Å². The van der Waals surface area contributed by atoms with Crippen molar-refractivity contribution in [1.82, 2.24) is 0 Å². The van der Waals surface area contributed by atoms with Gasteiger partial charge < -0.3 is 0 Å². The van der Waals surface area contributed by atoms with E-state index in [1.54, 1.807) is 5.56 Å². The van der Waals surface area contributed by atoms with E-state index in [4.69, 9.17) is 0 Å². The molecule has 1 aromatic carbocycles. The Bertz CT molecular complexity index is 346. The zero-order valence-electron chi connectivity index (χ0n) is 11.1. The zero-order valence-corrected chi connectivity index (χ0v) is 11.1. The van der Waals surface area contributed by atoms with Crippen molar-refractivity contribution in [3.8, 4) is 0 Å². The van der Waals surface area contributed by atoms with Crippen molar-refractivity contribution >= 4 is 0 Å². The van der Waals surface area contributed by atoms with Crippen molar-refractivity contribution in [3.63, 3.8) is 0 Å². The van der Waals surface area contributed by atoms with Crippen LogP contribution in [0.25, 0.3) is 0 Å². The maximum atomic E-state index is 2.38. The van der Waals surface area contributed by atoms with Crippen LogP contribution in [0.1, 0.15) is 48.1 Å². The van der Waals surface area contributed by atoms with Gasteiger partial charge in [0.2, 0.25) is 0 Å². The van der Waals surface area contributed by atoms with E-state index in [2.05, 4.69) is 47.6 Å². The Kier molecular flexibility index (Phi) is 3.96. The van der Waals surface area contributed by atoms with Crippen LogP contribution < -0.4 is 0 Å². The fraction of sp³-hybridized carbons (Fsp3) is 0.600. The van der Waals surface area contributed by atoms with Crippen LogP contribution in [0.5, 0.6) is 0 Å². The Morgan fingerprint density at radius 1 is 0.933 bits per heavy atom. The Balaban J connectivity index is 2.99. The van der Waals surface area contributed by atoms with E-state index in [1.165, 1.54) is 35.1 Å². The summed E-state index contributed by atoms with van der Waals surface area (Å²) in [5.41, 5.74) is 7.43. The molecule has 0 aromatic heterocycles. The highest BCUT2D eigenvalue weighted by molar-refractivity contribution is 5.43. The molecular weight excluding hydrogens is 180 g/mol. The highest BCUT2D eigenvalue weighted by Gasteiger charge is 2.07. The molecule has 1 rings (SSSR count). The molecule has 0 spiro atoms. The summed E-state index contributed by atoms with van der Waals surface area (Å²) in [4.78, 5) is 0. The lowest BCUT2D eigenvalue weighted by Crippen LogP contribution is -2.00. The van der Waals surface area contributed by atoms with Crippen molar-refractivity contribution in [3.05, 3.63) is 33.9 Å². The molecule has 0 heterocycles. The minimum absolute atomic E-state index is 0.798. The first kappa shape index (κ1) is 12.3. The molecule has 0 heteroatoms. The number of hydrogen-bond donors (Lipinski definition) is 0. The van der Waals surface area contributed by atoms with E-state index in [0.717, 1.165) is 5.92 Å². The predicted molar refractivity (Wildman–Crippen MR) is 68.5 cm³/mol. The summed E-state index contributed by atoms with van der Waals surface area (Å²) in [7, 11) is 0. The number of hydrogen-bond acceptors (Lipinski definition) is 0. The molecule has 1 aromatic rings. The quantitative estimate of drug-likeness (QED) is 0.679. The second-order valence-electron chi connectivity index (χ2n) is 5.16. The molecule has 84 valence electrons. The Morgan fingerprint density at radius 2 is 1.53 bits per heavy atom. The maximum absolute atomic E-state index is 2.38. The van der Waals surface area contributed by atoms with E-state index >= 15 is 0 Å². The van der Waals surface area contributed by atoms with Crippen LogP contribution in [0.2, 0.25) is 0 Å². The molecule has 0 atom stereocenters. The van der Waals surface area contributed by atoms with Crippen LogP contribution in [0, 0.1) is 33.6 Å². The van der Waals surface area contributed by atoms with Crippen molar-refractivity contribution in [2.75, 3.05) is 0 Å². The van der Waals surface area contributed by atoms with E-state index in [9.17, 15) is 0 Å². The van der Waals surface area contributed by atoms with Gasteiger partial charge in [0.05, 0.1) is 0 Å². The van der Waals surface area contributed by atoms with Crippen LogP contribution in [0.15, 0.2) is 6.07 Å². The molecule has 0 aliphatic carbocycles. The third kappa shape index (κ3) is 2.84. The topological polar surface area (TPSA) is 0 Å². The van der Waals surface area contributed by atoms with Gasteiger partial charge in [0.1, 0.15) is 0 Å². The summed E-state index contributed by atoms with van der Waals surface area (Å²) >= 11 is 0. The number of benzene rings is 1. The monoisotopic (exact) mass is 204 g/mol. The molecule has 0 N–H and O–H groups in total. The van der Waals surface area contributed by atoms with Crippen molar-refractivity contribution in [2.45, 2.75) is 54.4 Å². The van der Waals surface area contributed by atoms with Gasteiger partial charge in [-0.05, 0) is 74.3 Å². The molecule has 0 aliphatic rings. The van der Waals surface area contributed by atoms with E-state index in [0.29, 0.717) is 0 Å². The number of aryl methyl sites for hydroxylation is 2. The minimum atomic E-state index is 0.798. The van der Waals surface area contributed by atoms with Crippen LogP contribution in [-0.2, 0) is 6.42 Å². The lowest BCUT2D eigenvalue weighted by molar-refractivity contribution is 0.585. The third-order valence-electron chi connectivity index (χ3n) is 3.58. The minimum Gasteiger partial charge on any atom is -0.0628 e. The average Bonchev–Trinajstić information content (AvgIpc) is 2.18. The molecule has 0 unspecified atom stereocenters. The molecule has 0 saturated carbocycles. The summed E-state index contributed by atoms with van der Waals surface area (Å²) in [6.07, 6.45) is 2.52. The summed E-state index contributed by atoms with van der Waals surface area (Å²) in [5.74, 6) is 0.798. The van der Waals surface area contributed by atoms with E-state index in [1.807, 2.05) is 0 Å². The largest absolute Gasteiger partial charge is 0.0628 e. The standard InChI is InChI=1S/C15H24/c1-10(2)7-8-15-9-11(3)12(4)13(5)14(15)6/h9-10H,7-8H2,1-6H3. The van der Waals surface area contributed by atoms with Gasteiger partial charge in [-0.1, -0.05) is 19.9 Å². The molecule has 15 heavy (non-hydrogen) atoms. The predicted octanol–water partition coefficient (Wildman–Crippen LogP) is 4.51. The maximum Gasteiger partial charge on any atom is -0.0274 e. The van der Waals surface area contributed by atoms with Gasteiger partial charge in [-0.15, -0.1) is 0 Å². The normalized spacial score (nSPS) is 11.1. The van der Waals surface area contributed by atoms with Gasteiger partial charge in [-0.2, -0.15) is 0 Å². The Labute approximate surface area is 94.7 Å². The van der Waals surface area contributed by atoms with Gasteiger partial charge >= 0.3 is 0 Å². The lowest BCUT2D eigenvalue weighted by atomic mass is 9.91. The highest BCUT2D eigenvalue weighted by atomic mass is 14.1. The zero-order chi connectivity index (χ0) is 11.6. The van der Waals surface area contributed by atoms with Gasteiger partial charge in [0.15, 0.2) is 0 Å². The molecule has 0 amide bonds. The summed E-state index contributed by atoms with van der Waals surface area (Å²) in [5, 5.41) is 0. The average molecular weight is 204 g/mol. The van der Waals surface area contributed by atoms with Crippen LogP contribution >= 0.6 is 0 Å². The smallest absolute Gasteiger partial charge is 0.0274 e. The summed E-state index contributed by atoms with van der Waals surface area (Å²) in [6.45, 7) is 13.5. The fourth-order valence-corrected chi connectivity index (χ4v) is 2.00. The van der Waals surface area contributed by atoms with Crippen molar-refractivity contribution in [2.24, 2.45) is 5.92 Å².